The summed E-state index contributed by atoms with van der Waals surface area (Å²) in [6.45, 7) is 9.07. The van der Waals surface area contributed by atoms with E-state index in [1.165, 1.54) is 0 Å². The third kappa shape index (κ3) is 3.81. The Kier molecular flexibility index (Phi) is 4.22. The molecule has 17 heavy (non-hydrogen) atoms. The van der Waals surface area contributed by atoms with Crippen LogP contribution in [0.2, 0.25) is 0 Å². The molecule has 0 heterocycles. The Hall–Kier alpha value is -1.44. The Morgan fingerprint density at radius 3 is 2.24 bits per heavy atom. The Morgan fingerprint density at radius 1 is 1.24 bits per heavy atom. The van der Waals surface area contributed by atoms with Crippen LogP contribution in [0.1, 0.15) is 31.4 Å². The van der Waals surface area contributed by atoms with E-state index in [0.717, 1.165) is 11.1 Å². The minimum absolute atomic E-state index is 0.116. The number of halogens is 2. The number of hydrogen-bond donors (Lipinski definition) is 0. The van der Waals surface area contributed by atoms with Gasteiger partial charge < -0.3 is 0 Å². The largest absolute Gasteiger partial charge is 0.276 e. The van der Waals surface area contributed by atoms with E-state index >= 15 is 0 Å². The lowest BCUT2D eigenvalue weighted by Crippen LogP contribution is -2.16. The van der Waals surface area contributed by atoms with E-state index in [-0.39, 0.29) is 12.0 Å². The lowest BCUT2D eigenvalue weighted by atomic mass is 9.97. The molecule has 0 nitrogen and oxygen atoms in total. The summed E-state index contributed by atoms with van der Waals surface area (Å²) in [6, 6.07) is 7.01. The number of allylic oxidation sites excluding steroid dienone is 3. The molecular weight excluding hydrogens is 218 g/mol. The Bertz CT molecular complexity index is 421. The van der Waals surface area contributed by atoms with Gasteiger partial charge in [-0.1, -0.05) is 48.1 Å². The van der Waals surface area contributed by atoms with Crippen LogP contribution in [0.5, 0.6) is 0 Å². The molecule has 1 aromatic carbocycles. The highest BCUT2D eigenvalue weighted by Gasteiger charge is 2.32. The molecule has 0 amide bonds. The molecule has 0 unspecified atom stereocenters. The molecule has 1 aromatic rings. The van der Waals surface area contributed by atoms with Crippen molar-refractivity contribution in [2.75, 3.05) is 0 Å². The average molecular weight is 236 g/mol. The highest BCUT2D eigenvalue weighted by atomic mass is 19.3. The van der Waals surface area contributed by atoms with Gasteiger partial charge in [0.25, 0.3) is 5.92 Å². The van der Waals surface area contributed by atoms with Crippen molar-refractivity contribution in [1.82, 2.24) is 0 Å². The second kappa shape index (κ2) is 5.26. The Labute approximate surface area is 102 Å². The molecule has 0 fully saturated rings. The van der Waals surface area contributed by atoms with E-state index in [1.807, 2.05) is 32.9 Å². The topological polar surface area (TPSA) is 0 Å². The first-order valence-corrected chi connectivity index (χ1v) is 5.60. The molecule has 0 N–H and O–H groups in total. The Balaban J connectivity index is 2.88. The van der Waals surface area contributed by atoms with Crippen LogP contribution in [0, 0.1) is 6.92 Å². The van der Waals surface area contributed by atoms with Gasteiger partial charge in [0.2, 0.25) is 0 Å². The standard InChI is InChI=1S/C15H18F2/c1-11(2)9-10-15(16,17)13(4)14-7-5-12(3)6-8-14/h5-9H,4,10H2,1-3H3. The lowest BCUT2D eigenvalue weighted by molar-refractivity contribution is 0.0706. The van der Waals surface area contributed by atoms with Crippen LogP contribution in [0.4, 0.5) is 8.78 Å². The van der Waals surface area contributed by atoms with Crippen LogP contribution in [0.15, 0.2) is 42.5 Å². The fraction of sp³-hybridized carbons (Fsp3) is 0.333. The first kappa shape index (κ1) is 13.6. The maximum atomic E-state index is 13.8. The van der Waals surface area contributed by atoms with Crippen LogP contribution < -0.4 is 0 Å². The molecule has 0 atom stereocenters. The zero-order valence-electron chi connectivity index (χ0n) is 10.6. The van der Waals surface area contributed by atoms with Crippen LogP contribution in [0.25, 0.3) is 5.57 Å². The van der Waals surface area contributed by atoms with Gasteiger partial charge in [0.1, 0.15) is 0 Å². The van der Waals surface area contributed by atoms with Crippen molar-refractivity contribution < 1.29 is 8.78 Å². The smallest absolute Gasteiger partial charge is 0.201 e. The molecule has 0 aliphatic rings. The van der Waals surface area contributed by atoms with Gasteiger partial charge in [-0.15, -0.1) is 0 Å². The molecule has 0 radical (unpaired) electrons. The number of benzene rings is 1. The normalized spacial score (nSPS) is 11.1. The maximum absolute atomic E-state index is 13.8. The predicted molar refractivity (Wildman–Crippen MR) is 69.2 cm³/mol. The van der Waals surface area contributed by atoms with Crippen LogP contribution in [-0.4, -0.2) is 5.92 Å². The molecule has 0 saturated heterocycles. The second-order valence-electron chi connectivity index (χ2n) is 4.53. The molecule has 0 aliphatic carbocycles. The van der Waals surface area contributed by atoms with Crippen molar-refractivity contribution in [3.8, 4) is 0 Å². The van der Waals surface area contributed by atoms with Crippen LogP contribution >= 0.6 is 0 Å². The minimum Gasteiger partial charge on any atom is -0.201 e. The van der Waals surface area contributed by atoms with E-state index in [2.05, 4.69) is 6.58 Å². The van der Waals surface area contributed by atoms with Gasteiger partial charge in [-0.2, -0.15) is 0 Å². The first-order valence-electron chi connectivity index (χ1n) is 5.60. The van der Waals surface area contributed by atoms with Gasteiger partial charge in [-0.3, -0.25) is 0 Å². The molecule has 0 aromatic heterocycles. The zero-order chi connectivity index (χ0) is 13.1. The summed E-state index contributed by atoms with van der Waals surface area (Å²) in [5, 5.41) is 0. The van der Waals surface area contributed by atoms with Crippen molar-refractivity contribution in [2.45, 2.75) is 33.1 Å². The van der Waals surface area contributed by atoms with E-state index in [4.69, 9.17) is 0 Å². The van der Waals surface area contributed by atoms with E-state index in [9.17, 15) is 8.78 Å². The first-order chi connectivity index (χ1) is 7.83. The van der Waals surface area contributed by atoms with Crippen LogP contribution in [0.3, 0.4) is 0 Å². The molecule has 2 heteroatoms. The molecule has 0 spiro atoms. The third-order valence-electron chi connectivity index (χ3n) is 2.61. The zero-order valence-corrected chi connectivity index (χ0v) is 10.6. The fourth-order valence-electron chi connectivity index (χ4n) is 1.42. The molecule has 0 bridgehead atoms. The third-order valence-corrected chi connectivity index (χ3v) is 2.61. The molecular formula is C15H18F2. The fourth-order valence-corrected chi connectivity index (χ4v) is 1.42. The Morgan fingerprint density at radius 2 is 1.76 bits per heavy atom. The molecule has 92 valence electrons. The highest BCUT2D eigenvalue weighted by Crippen LogP contribution is 2.34. The van der Waals surface area contributed by atoms with Gasteiger partial charge in [0.05, 0.1) is 0 Å². The van der Waals surface area contributed by atoms with E-state index in [1.54, 1.807) is 18.2 Å². The maximum Gasteiger partial charge on any atom is 0.276 e. The van der Waals surface area contributed by atoms with Crippen molar-refractivity contribution in [1.29, 1.82) is 0 Å². The summed E-state index contributed by atoms with van der Waals surface area (Å²) in [7, 11) is 0. The summed E-state index contributed by atoms with van der Waals surface area (Å²) in [5.41, 5.74) is 2.33. The van der Waals surface area contributed by atoms with Gasteiger partial charge in [0, 0.05) is 12.0 Å². The quantitative estimate of drug-likeness (QED) is 0.645. The van der Waals surface area contributed by atoms with E-state index in [0.29, 0.717) is 5.56 Å². The van der Waals surface area contributed by atoms with Gasteiger partial charge in [0.15, 0.2) is 0 Å². The van der Waals surface area contributed by atoms with E-state index < -0.39 is 5.92 Å². The number of rotatable bonds is 4. The van der Waals surface area contributed by atoms with Gasteiger partial charge in [-0.05, 0) is 26.3 Å². The minimum atomic E-state index is -2.88. The number of aryl methyl sites for hydroxylation is 1. The summed E-state index contributed by atoms with van der Waals surface area (Å²) in [5.74, 6) is -2.88. The van der Waals surface area contributed by atoms with Crippen molar-refractivity contribution in [2.24, 2.45) is 0 Å². The summed E-state index contributed by atoms with van der Waals surface area (Å²) < 4.78 is 27.6. The van der Waals surface area contributed by atoms with Crippen LogP contribution in [-0.2, 0) is 0 Å². The summed E-state index contributed by atoms with van der Waals surface area (Å²) >= 11 is 0. The average Bonchev–Trinajstić information content (AvgIpc) is 2.27. The second-order valence-corrected chi connectivity index (χ2v) is 4.53. The molecule has 1 rings (SSSR count). The molecule has 0 saturated carbocycles. The lowest BCUT2D eigenvalue weighted by Gasteiger charge is -2.18. The predicted octanol–water partition coefficient (Wildman–Crippen LogP) is 5.00. The van der Waals surface area contributed by atoms with Gasteiger partial charge in [-0.25, -0.2) is 8.78 Å². The summed E-state index contributed by atoms with van der Waals surface area (Å²) in [6.07, 6.45) is 1.25. The monoisotopic (exact) mass is 236 g/mol. The molecule has 0 aliphatic heterocycles. The van der Waals surface area contributed by atoms with Gasteiger partial charge >= 0.3 is 0 Å². The summed E-state index contributed by atoms with van der Waals surface area (Å²) in [4.78, 5) is 0. The highest BCUT2D eigenvalue weighted by molar-refractivity contribution is 5.69. The van der Waals surface area contributed by atoms with Crippen molar-refractivity contribution in [3.63, 3.8) is 0 Å². The number of alkyl halides is 2. The van der Waals surface area contributed by atoms with Crippen molar-refractivity contribution >= 4 is 5.57 Å². The van der Waals surface area contributed by atoms with Crippen molar-refractivity contribution in [3.05, 3.63) is 53.6 Å². The SMILES string of the molecule is C=C(c1ccc(C)cc1)C(F)(F)CC=C(C)C. The number of hydrogen-bond acceptors (Lipinski definition) is 0.